The predicted octanol–water partition coefficient (Wildman–Crippen LogP) is 1.65. The minimum absolute atomic E-state index is 0.0262. The summed E-state index contributed by atoms with van der Waals surface area (Å²) in [6.07, 6.45) is -0.879. The fourth-order valence-electron chi connectivity index (χ4n) is 3.14. The van der Waals surface area contributed by atoms with E-state index >= 15 is 0 Å². The van der Waals surface area contributed by atoms with Gasteiger partial charge in [0.05, 0.1) is 12.4 Å². The molecule has 0 radical (unpaired) electrons. The lowest BCUT2D eigenvalue weighted by atomic mass is 10.1. The number of nitrogens with zero attached hydrogens (tertiary/aromatic N) is 4. The number of hydrogen-bond donors (Lipinski definition) is 2. The van der Waals surface area contributed by atoms with Crippen molar-refractivity contribution in [2.45, 2.75) is 44.7 Å². The maximum atomic E-state index is 12.4. The molecular formula is C18H18F2N4O5. The van der Waals surface area contributed by atoms with Gasteiger partial charge < -0.3 is 24.4 Å². The quantitative estimate of drug-likeness (QED) is 0.633. The van der Waals surface area contributed by atoms with Crippen LogP contribution in [0, 0.1) is 0 Å². The summed E-state index contributed by atoms with van der Waals surface area (Å²) >= 11 is 0. The van der Waals surface area contributed by atoms with Crippen LogP contribution in [-0.4, -0.2) is 54.7 Å². The lowest BCUT2D eigenvalue weighted by molar-refractivity contribution is -0.0499. The summed E-state index contributed by atoms with van der Waals surface area (Å²) in [5.41, 5.74) is 1.29. The second-order valence-electron chi connectivity index (χ2n) is 6.53. The third kappa shape index (κ3) is 3.84. The molecule has 154 valence electrons. The Hall–Kier alpha value is -2.89. The molecule has 3 aromatic rings. The fourth-order valence-corrected chi connectivity index (χ4v) is 3.14. The Morgan fingerprint density at radius 1 is 1.21 bits per heavy atom. The van der Waals surface area contributed by atoms with Crippen molar-refractivity contribution in [3.63, 3.8) is 0 Å². The summed E-state index contributed by atoms with van der Waals surface area (Å²) < 4.78 is 41.9. The zero-order valence-electron chi connectivity index (χ0n) is 15.2. The lowest BCUT2D eigenvalue weighted by Gasteiger charge is -2.16. The number of ether oxygens (including phenoxy) is 3. The molecular weight excluding hydrogens is 390 g/mol. The number of aliphatic hydroxyl groups excluding tert-OH is 2. The summed E-state index contributed by atoms with van der Waals surface area (Å²) in [5, 5.41) is 20.1. The molecule has 2 N–H and O–H groups in total. The maximum Gasteiger partial charge on any atom is 0.387 e. The standard InChI is InChI=1S/C18H18F2N4O5/c1-9-13(25)14(26)17(28-9)24-8-23-12-15(24)21-7-22-16(12)27-6-10-3-2-4-11(5-10)29-18(19)20/h2-5,7-9,13-14,17-18,25-26H,6H2,1H3/t9-,13-,14-,17-/m1/s1. The zero-order valence-corrected chi connectivity index (χ0v) is 15.2. The monoisotopic (exact) mass is 408 g/mol. The number of aliphatic hydroxyl groups is 2. The second kappa shape index (κ2) is 7.85. The van der Waals surface area contributed by atoms with Crippen LogP contribution in [0.3, 0.4) is 0 Å². The van der Waals surface area contributed by atoms with Gasteiger partial charge in [-0.15, -0.1) is 0 Å². The zero-order chi connectivity index (χ0) is 20.5. The Morgan fingerprint density at radius 3 is 2.76 bits per heavy atom. The molecule has 3 heterocycles. The highest BCUT2D eigenvalue weighted by Crippen LogP contribution is 2.32. The second-order valence-corrected chi connectivity index (χ2v) is 6.53. The van der Waals surface area contributed by atoms with E-state index in [0.29, 0.717) is 16.7 Å². The highest BCUT2D eigenvalue weighted by molar-refractivity contribution is 5.76. The van der Waals surface area contributed by atoms with Crippen molar-refractivity contribution >= 4 is 11.2 Å². The fraction of sp³-hybridized carbons (Fsp3) is 0.389. The number of hydrogen-bond acceptors (Lipinski definition) is 8. The molecule has 0 saturated carbocycles. The van der Waals surface area contributed by atoms with Crippen LogP contribution in [0.5, 0.6) is 11.6 Å². The summed E-state index contributed by atoms with van der Waals surface area (Å²) in [6, 6.07) is 6.13. The third-order valence-electron chi connectivity index (χ3n) is 4.58. The average molecular weight is 408 g/mol. The molecule has 1 aromatic carbocycles. The molecule has 0 aliphatic carbocycles. The first-order valence-corrected chi connectivity index (χ1v) is 8.79. The van der Waals surface area contributed by atoms with Gasteiger partial charge in [-0.2, -0.15) is 13.8 Å². The summed E-state index contributed by atoms with van der Waals surface area (Å²) in [5.74, 6) is 0.202. The van der Waals surface area contributed by atoms with E-state index in [1.807, 2.05) is 0 Å². The molecule has 1 fully saturated rings. The molecule has 0 amide bonds. The Kier molecular flexibility index (Phi) is 5.26. The molecule has 1 aliphatic rings. The van der Waals surface area contributed by atoms with E-state index in [9.17, 15) is 19.0 Å². The van der Waals surface area contributed by atoms with Gasteiger partial charge in [0, 0.05) is 0 Å². The smallest absolute Gasteiger partial charge is 0.387 e. The van der Waals surface area contributed by atoms with Crippen molar-refractivity contribution < 1.29 is 33.2 Å². The van der Waals surface area contributed by atoms with E-state index in [0.717, 1.165) is 0 Å². The van der Waals surface area contributed by atoms with Crippen molar-refractivity contribution in [2.24, 2.45) is 0 Å². The minimum atomic E-state index is -2.91. The molecule has 11 heteroatoms. The van der Waals surface area contributed by atoms with Gasteiger partial charge in [0.25, 0.3) is 0 Å². The van der Waals surface area contributed by atoms with Gasteiger partial charge in [-0.3, -0.25) is 4.57 Å². The SMILES string of the molecule is C[C@H]1O[C@@H](n2cnc3c(OCc4cccc(OC(F)F)c4)ncnc32)[C@H](O)[C@@H]1O. The van der Waals surface area contributed by atoms with Crippen molar-refractivity contribution in [3.8, 4) is 11.6 Å². The van der Waals surface area contributed by atoms with E-state index in [1.54, 1.807) is 19.1 Å². The van der Waals surface area contributed by atoms with Crippen LogP contribution in [0.2, 0.25) is 0 Å². The van der Waals surface area contributed by atoms with Crippen molar-refractivity contribution in [3.05, 3.63) is 42.5 Å². The number of aromatic nitrogens is 4. The highest BCUT2D eigenvalue weighted by Gasteiger charge is 2.42. The molecule has 4 rings (SSSR count). The van der Waals surface area contributed by atoms with Gasteiger partial charge in [-0.05, 0) is 24.6 Å². The number of alkyl halides is 2. The number of rotatable bonds is 6. The Labute approximate surface area is 163 Å². The van der Waals surface area contributed by atoms with Gasteiger partial charge in [0.15, 0.2) is 17.4 Å². The number of fused-ring (bicyclic) bond motifs is 1. The summed E-state index contributed by atoms with van der Waals surface area (Å²) in [6.45, 7) is -1.22. The average Bonchev–Trinajstić information content (AvgIpc) is 3.23. The molecule has 29 heavy (non-hydrogen) atoms. The number of imidazole rings is 1. The van der Waals surface area contributed by atoms with Gasteiger partial charge in [0.1, 0.15) is 30.9 Å². The first-order chi connectivity index (χ1) is 13.9. The molecule has 0 spiro atoms. The summed E-state index contributed by atoms with van der Waals surface area (Å²) in [4.78, 5) is 12.5. The van der Waals surface area contributed by atoms with E-state index in [2.05, 4.69) is 19.7 Å². The van der Waals surface area contributed by atoms with Gasteiger partial charge in [0.2, 0.25) is 5.88 Å². The Balaban J connectivity index is 1.55. The van der Waals surface area contributed by atoms with E-state index in [-0.39, 0.29) is 18.2 Å². The van der Waals surface area contributed by atoms with Crippen molar-refractivity contribution in [1.82, 2.24) is 19.5 Å². The van der Waals surface area contributed by atoms with Crippen molar-refractivity contribution in [1.29, 1.82) is 0 Å². The molecule has 2 aromatic heterocycles. The molecule has 4 atom stereocenters. The van der Waals surface area contributed by atoms with Crippen LogP contribution in [0.15, 0.2) is 36.9 Å². The Bertz CT molecular complexity index is 1000. The topological polar surface area (TPSA) is 112 Å². The van der Waals surface area contributed by atoms with Gasteiger partial charge in [-0.1, -0.05) is 12.1 Å². The number of halogens is 2. The summed E-state index contributed by atoms with van der Waals surface area (Å²) in [7, 11) is 0. The first-order valence-electron chi connectivity index (χ1n) is 8.79. The first kappa shape index (κ1) is 19.4. The van der Waals surface area contributed by atoms with Crippen molar-refractivity contribution in [2.75, 3.05) is 0 Å². The van der Waals surface area contributed by atoms with Crippen LogP contribution in [0.25, 0.3) is 11.2 Å². The van der Waals surface area contributed by atoms with E-state index in [4.69, 9.17) is 9.47 Å². The van der Waals surface area contributed by atoms with Crippen LogP contribution < -0.4 is 9.47 Å². The molecule has 9 nitrogen and oxygen atoms in total. The molecule has 1 saturated heterocycles. The van der Waals surface area contributed by atoms with E-state index < -0.39 is 31.2 Å². The predicted molar refractivity (Wildman–Crippen MR) is 94.3 cm³/mol. The molecule has 0 unspecified atom stereocenters. The van der Waals surface area contributed by atoms with Crippen LogP contribution in [-0.2, 0) is 11.3 Å². The lowest BCUT2D eigenvalue weighted by Crippen LogP contribution is -2.30. The molecule has 0 bridgehead atoms. The maximum absolute atomic E-state index is 12.4. The largest absolute Gasteiger partial charge is 0.471 e. The normalized spacial score (nSPS) is 24.3. The number of benzene rings is 1. The van der Waals surface area contributed by atoms with Gasteiger partial charge in [-0.25, -0.2) is 9.97 Å². The third-order valence-corrected chi connectivity index (χ3v) is 4.58. The van der Waals surface area contributed by atoms with Gasteiger partial charge >= 0.3 is 6.61 Å². The van der Waals surface area contributed by atoms with Crippen LogP contribution in [0.1, 0.15) is 18.7 Å². The van der Waals surface area contributed by atoms with Crippen LogP contribution >= 0.6 is 0 Å². The minimum Gasteiger partial charge on any atom is -0.471 e. The van der Waals surface area contributed by atoms with E-state index in [1.165, 1.54) is 29.4 Å². The molecule has 1 aliphatic heterocycles. The van der Waals surface area contributed by atoms with Crippen LogP contribution in [0.4, 0.5) is 8.78 Å². The Morgan fingerprint density at radius 2 is 2.03 bits per heavy atom. The highest BCUT2D eigenvalue weighted by atomic mass is 19.3.